The summed E-state index contributed by atoms with van der Waals surface area (Å²) in [7, 11) is 0. The highest BCUT2D eigenvalue weighted by atomic mass is 16.4. The van der Waals surface area contributed by atoms with Crippen LogP contribution in [0.1, 0.15) is 40.0 Å². The first-order valence-electron chi connectivity index (χ1n) is 6.14. The van der Waals surface area contributed by atoms with Crippen LogP contribution in [-0.4, -0.2) is 29.7 Å². The number of aliphatic carboxylic acids is 1. The van der Waals surface area contributed by atoms with E-state index in [0.29, 0.717) is 24.3 Å². The smallest absolute Gasteiger partial charge is 0.326 e. The summed E-state index contributed by atoms with van der Waals surface area (Å²) < 4.78 is 0. The summed E-state index contributed by atoms with van der Waals surface area (Å²) in [6, 6.07) is -1.17. The van der Waals surface area contributed by atoms with Gasteiger partial charge in [-0.2, -0.15) is 0 Å². The van der Waals surface area contributed by atoms with Gasteiger partial charge in [0.15, 0.2) is 0 Å². The molecule has 1 rings (SSSR count). The van der Waals surface area contributed by atoms with Crippen LogP contribution in [0.4, 0.5) is 4.79 Å². The van der Waals surface area contributed by atoms with Crippen LogP contribution in [0.25, 0.3) is 0 Å². The molecule has 0 aromatic carbocycles. The quantitative estimate of drug-likeness (QED) is 0.661. The third-order valence-corrected chi connectivity index (χ3v) is 3.41. The molecule has 1 saturated carbocycles. The average Bonchev–Trinajstić information content (AvgIpc) is 2.83. The van der Waals surface area contributed by atoms with E-state index in [9.17, 15) is 9.59 Å². The lowest BCUT2D eigenvalue weighted by molar-refractivity contribution is -0.139. The van der Waals surface area contributed by atoms with Crippen LogP contribution in [0.3, 0.4) is 0 Å². The number of hydrogen-bond acceptors (Lipinski definition) is 2. The molecule has 3 N–H and O–H groups in total. The fourth-order valence-electron chi connectivity index (χ4n) is 1.90. The maximum absolute atomic E-state index is 11.5. The standard InChI is InChI=1S/C12H22N2O3/c1-4-5-9(10(15)16)14-11(17)13-7-8-6-12(8,2)3/h8-9H,4-7H2,1-3H3,(H,15,16)(H2,13,14,17)/t8?,9-/m1/s1. The summed E-state index contributed by atoms with van der Waals surface area (Å²) in [5.41, 5.74) is 0.322. The molecule has 1 fully saturated rings. The zero-order chi connectivity index (χ0) is 13.1. The summed E-state index contributed by atoms with van der Waals surface area (Å²) in [4.78, 5) is 22.3. The van der Waals surface area contributed by atoms with Gasteiger partial charge >= 0.3 is 12.0 Å². The van der Waals surface area contributed by atoms with Crippen LogP contribution in [0.15, 0.2) is 0 Å². The van der Waals surface area contributed by atoms with Crippen molar-refractivity contribution in [1.29, 1.82) is 0 Å². The van der Waals surface area contributed by atoms with Crippen LogP contribution in [0, 0.1) is 11.3 Å². The third kappa shape index (κ3) is 4.24. The van der Waals surface area contributed by atoms with E-state index in [4.69, 9.17) is 5.11 Å². The number of carboxylic acids is 1. The number of amides is 2. The zero-order valence-electron chi connectivity index (χ0n) is 10.7. The fraction of sp³-hybridized carbons (Fsp3) is 0.833. The summed E-state index contributed by atoms with van der Waals surface area (Å²) in [5, 5.41) is 14.1. The molecule has 2 amide bonds. The van der Waals surface area contributed by atoms with Gasteiger partial charge in [0.05, 0.1) is 0 Å². The van der Waals surface area contributed by atoms with Crippen LogP contribution in [0.5, 0.6) is 0 Å². The molecule has 0 aliphatic heterocycles. The number of urea groups is 1. The Hall–Kier alpha value is -1.26. The van der Waals surface area contributed by atoms with Crippen molar-refractivity contribution in [2.24, 2.45) is 11.3 Å². The van der Waals surface area contributed by atoms with Crippen molar-refractivity contribution in [3.63, 3.8) is 0 Å². The maximum Gasteiger partial charge on any atom is 0.326 e. The van der Waals surface area contributed by atoms with E-state index in [1.807, 2.05) is 6.92 Å². The predicted molar refractivity (Wildman–Crippen MR) is 64.8 cm³/mol. The van der Waals surface area contributed by atoms with Crippen molar-refractivity contribution in [1.82, 2.24) is 10.6 Å². The van der Waals surface area contributed by atoms with Crippen molar-refractivity contribution in [2.45, 2.75) is 46.1 Å². The first kappa shape index (κ1) is 13.8. The molecule has 2 atom stereocenters. The Labute approximate surface area is 102 Å². The SMILES string of the molecule is CCC[C@@H](NC(=O)NCC1CC1(C)C)C(=O)O. The number of nitrogens with one attached hydrogen (secondary N) is 2. The molecule has 1 aliphatic rings. The second-order valence-electron chi connectivity index (χ2n) is 5.42. The Morgan fingerprint density at radius 2 is 2.06 bits per heavy atom. The number of hydrogen-bond donors (Lipinski definition) is 3. The van der Waals surface area contributed by atoms with E-state index in [1.165, 1.54) is 0 Å². The van der Waals surface area contributed by atoms with Gasteiger partial charge < -0.3 is 15.7 Å². The van der Waals surface area contributed by atoms with Crippen molar-refractivity contribution in [3.05, 3.63) is 0 Å². The van der Waals surface area contributed by atoms with Gasteiger partial charge in [0.1, 0.15) is 6.04 Å². The highest BCUT2D eigenvalue weighted by Gasteiger charge is 2.45. The average molecular weight is 242 g/mol. The molecule has 0 aromatic heterocycles. The van der Waals surface area contributed by atoms with E-state index in [2.05, 4.69) is 24.5 Å². The molecule has 0 saturated heterocycles. The van der Waals surface area contributed by atoms with Gasteiger partial charge in [0.25, 0.3) is 0 Å². The molecule has 5 nitrogen and oxygen atoms in total. The zero-order valence-corrected chi connectivity index (χ0v) is 10.7. The van der Waals surface area contributed by atoms with Crippen molar-refractivity contribution < 1.29 is 14.7 Å². The van der Waals surface area contributed by atoms with Crippen LogP contribution >= 0.6 is 0 Å². The summed E-state index contributed by atoms with van der Waals surface area (Å²) in [6.07, 6.45) is 2.30. The molecule has 0 radical (unpaired) electrons. The molecule has 98 valence electrons. The number of rotatable bonds is 6. The van der Waals surface area contributed by atoms with Gasteiger partial charge in [-0.3, -0.25) is 0 Å². The lowest BCUT2D eigenvalue weighted by Crippen LogP contribution is -2.46. The summed E-state index contributed by atoms with van der Waals surface area (Å²) in [6.45, 7) is 6.84. The van der Waals surface area contributed by atoms with Gasteiger partial charge in [0, 0.05) is 6.54 Å². The lowest BCUT2D eigenvalue weighted by Gasteiger charge is -2.14. The molecule has 1 unspecified atom stereocenters. The van der Waals surface area contributed by atoms with Gasteiger partial charge in [-0.05, 0) is 24.2 Å². The number of carbonyl (C=O) groups excluding carboxylic acids is 1. The van der Waals surface area contributed by atoms with Crippen molar-refractivity contribution in [3.8, 4) is 0 Å². The van der Waals surface area contributed by atoms with E-state index < -0.39 is 12.0 Å². The van der Waals surface area contributed by atoms with Gasteiger partial charge in [-0.15, -0.1) is 0 Å². The maximum atomic E-state index is 11.5. The van der Waals surface area contributed by atoms with Gasteiger partial charge in [-0.1, -0.05) is 27.2 Å². The third-order valence-electron chi connectivity index (χ3n) is 3.41. The molecule has 5 heteroatoms. The van der Waals surface area contributed by atoms with Gasteiger partial charge in [-0.25, -0.2) is 9.59 Å². The summed E-state index contributed by atoms with van der Waals surface area (Å²) >= 11 is 0. The molecule has 1 aliphatic carbocycles. The highest BCUT2D eigenvalue weighted by Crippen LogP contribution is 2.50. The van der Waals surface area contributed by atoms with E-state index >= 15 is 0 Å². The largest absolute Gasteiger partial charge is 0.480 e. The van der Waals surface area contributed by atoms with Crippen LogP contribution in [0.2, 0.25) is 0 Å². The normalized spacial score (nSPS) is 22.6. The van der Waals surface area contributed by atoms with Gasteiger partial charge in [0.2, 0.25) is 0 Å². The van der Waals surface area contributed by atoms with E-state index in [0.717, 1.165) is 12.8 Å². The minimum absolute atomic E-state index is 0.322. The van der Waals surface area contributed by atoms with E-state index in [1.54, 1.807) is 0 Å². The molecule has 0 bridgehead atoms. The van der Waals surface area contributed by atoms with Crippen molar-refractivity contribution >= 4 is 12.0 Å². The monoisotopic (exact) mass is 242 g/mol. The Morgan fingerprint density at radius 3 is 2.47 bits per heavy atom. The topological polar surface area (TPSA) is 78.4 Å². The Morgan fingerprint density at radius 1 is 1.47 bits per heavy atom. The number of carbonyl (C=O) groups is 2. The second kappa shape index (κ2) is 5.38. The summed E-state index contributed by atoms with van der Waals surface area (Å²) in [5.74, 6) is -0.462. The number of carboxylic acid groups (broad SMARTS) is 1. The molecule has 0 spiro atoms. The molecular formula is C12H22N2O3. The first-order valence-corrected chi connectivity index (χ1v) is 6.14. The minimum Gasteiger partial charge on any atom is -0.480 e. The minimum atomic E-state index is -0.978. The van der Waals surface area contributed by atoms with Crippen LogP contribution in [-0.2, 0) is 4.79 Å². The lowest BCUT2D eigenvalue weighted by atomic mass is 10.1. The van der Waals surface area contributed by atoms with Crippen molar-refractivity contribution in [2.75, 3.05) is 6.54 Å². The molecule has 17 heavy (non-hydrogen) atoms. The molecule has 0 heterocycles. The highest BCUT2D eigenvalue weighted by molar-refractivity contribution is 5.82. The Bertz CT molecular complexity index is 302. The van der Waals surface area contributed by atoms with E-state index in [-0.39, 0.29) is 6.03 Å². The Kier molecular flexibility index (Phi) is 4.37. The fourth-order valence-corrected chi connectivity index (χ4v) is 1.90. The predicted octanol–water partition coefficient (Wildman–Crippen LogP) is 1.59. The second-order valence-corrected chi connectivity index (χ2v) is 5.42. The van der Waals surface area contributed by atoms with Crippen LogP contribution < -0.4 is 10.6 Å². The first-order chi connectivity index (χ1) is 7.86. The molecular weight excluding hydrogens is 220 g/mol. The molecule has 0 aromatic rings. The Balaban J connectivity index is 2.25.